The van der Waals surface area contributed by atoms with Gasteiger partial charge in [-0.3, -0.25) is 0 Å². The van der Waals surface area contributed by atoms with E-state index in [0.717, 1.165) is 29.1 Å². The van der Waals surface area contributed by atoms with Crippen LogP contribution in [0.25, 0.3) is 0 Å². The lowest BCUT2D eigenvalue weighted by molar-refractivity contribution is 0.361. The Balaban J connectivity index is 1.65. The second kappa shape index (κ2) is 8.74. The molecule has 0 saturated heterocycles. The molecule has 0 atom stereocenters. The number of hydrogen-bond acceptors (Lipinski definition) is 3. The zero-order valence-electron chi connectivity index (χ0n) is 14.7. The van der Waals surface area contributed by atoms with Crippen molar-refractivity contribution in [1.29, 1.82) is 0 Å². The largest absolute Gasteiger partial charge is 0.503 e. The van der Waals surface area contributed by atoms with Gasteiger partial charge in [-0.2, -0.15) is 0 Å². The molecule has 0 saturated carbocycles. The van der Waals surface area contributed by atoms with Gasteiger partial charge in [-0.05, 0) is 53.9 Å². The van der Waals surface area contributed by atoms with E-state index in [-0.39, 0.29) is 11.5 Å². The van der Waals surface area contributed by atoms with E-state index < -0.39 is 0 Å². The predicted octanol–water partition coefficient (Wildman–Crippen LogP) is 4.84. The maximum atomic E-state index is 10.1. The third-order valence-electron chi connectivity index (χ3n) is 4.59. The fraction of sp³-hybridized carbons (Fsp3) is 0.316. The Morgan fingerprint density at radius 3 is 2.56 bits per heavy atom. The fourth-order valence-electron chi connectivity index (χ4n) is 3.13. The monoisotopic (exact) mass is 444 g/mol. The van der Waals surface area contributed by atoms with Crippen molar-refractivity contribution >= 4 is 52.1 Å². The highest BCUT2D eigenvalue weighted by molar-refractivity contribution is 7.80. The van der Waals surface area contributed by atoms with Gasteiger partial charge in [-0.1, -0.05) is 46.9 Å². The first-order valence-electron chi connectivity index (χ1n) is 8.45. The fourth-order valence-corrected chi connectivity index (χ4v) is 4.15. The van der Waals surface area contributed by atoms with Crippen LogP contribution in [0.2, 0.25) is 15.1 Å². The summed E-state index contributed by atoms with van der Waals surface area (Å²) in [5.74, 6) is 0.0870. The Morgan fingerprint density at radius 1 is 1.19 bits per heavy atom. The SMILES string of the molecule is COc1c(O)c(Cl)c2c(c1Cl)CN(C(=S)NCCc1ccc(Cl)cc1)CC2. The molecule has 2 aromatic rings. The molecule has 1 heterocycles. The number of thiocarbonyl (C=S) groups is 1. The molecular formula is C19H19Cl3N2O2S. The van der Waals surface area contributed by atoms with E-state index in [1.54, 1.807) is 0 Å². The van der Waals surface area contributed by atoms with Gasteiger partial charge in [0.1, 0.15) is 0 Å². The van der Waals surface area contributed by atoms with Gasteiger partial charge in [0.25, 0.3) is 0 Å². The van der Waals surface area contributed by atoms with E-state index in [2.05, 4.69) is 5.32 Å². The van der Waals surface area contributed by atoms with E-state index in [4.69, 9.17) is 51.8 Å². The van der Waals surface area contributed by atoms with E-state index in [1.165, 1.54) is 12.7 Å². The molecule has 0 radical (unpaired) electrons. The Bertz CT molecular complexity index is 859. The maximum Gasteiger partial charge on any atom is 0.181 e. The molecule has 0 unspecified atom stereocenters. The molecule has 144 valence electrons. The number of fused-ring (bicyclic) bond motifs is 1. The summed E-state index contributed by atoms with van der Waals surface area (Å²) in [6.45, 7) is 1.93. The number of aromatic hydroxyl groups is 1. The van der Waals surface area contributed by atoms with Crippen LogP contribution in [0.5, 0.6) is 11.5 Å². The first-order valence-corrected chi connectivity index (χ1v) is 9.99. The van der Waals surface area contributed by atoms with E-state index in [1.807, 2.05) is 29.2 Å². The van der Waals surface area contributed by atoms with Gasteiger partial charge in [-0.25, -0.2) is 0 Å². The molecule has 8 heteroatoms. The van der Waals surface area contributed by atoms with E-state index in [9.17, 15) is 5.11 Å². The summed E-state index contributed by atoms with van der Waals surface area (Å²) >= 11 is 24.2. The van der Waals surface area contributed by atoms with Gasteiger partial charge in [0.05, 0.1) is 17.2 Å². The highest BCUT2D eigenvalue weighted by atomic mass is 35.5. The minimum atomic E-state index is -0.111. The number of rotatable bonds is 4. The molecule has 1 aliphatic heterocycles. The molecule has 0 spiro atoms. The van der Waals surface area contributed by atoms with Gasteiger partial charge in [0.15, 0.2) is 16.6 Å². The van der Waals surface area contributed by atoms with Crippen molar-refractivity contribution in [3.8, 4) is 11.5 Å². The van der Waals surface area contributed by atoms with Crippen molar-refractivity contribution in [3.63, 3.8) is 0 Å². The summed E-state index contributed by atoms with van der Waals surface area (Å²) in [4.78, 5) is 2.04. The number of benzene rings is 2. The van der Waals surface area contributed by atoms with Crippen molar-refractivity contribution in [1.82, 2.24) is 10.2 Å². The number of nitrogens with one attached hydrogen (secondary N) is 1. The number of nitrogens with zero attached hydrogens (tertiary/aromatic N) is 1. The van der Waals surface area contributed by atoms with Crippen LogP contribution < -0.4 is 10.1 Å². The molecule has 1 aliphatic rings. The third-order valence-corrected chi connectivity index (χ3v) is 6.05. The highest BCUT2D eigenvalue weighted by Gasteiger charge is 2.28. The molecule has 0 aliphatic carbocycles. The van der Waals surface area contributed by atoms with Crippen molar-refractivity contribution in [2.45, 2.75) is 19.4 Å². The Morgan fingerprint density at radius 2 is 1.89 bits per heavy atom. The molecule has 4 nitrogen and oxygen atoms in total. The Hall–Kier alpha value is -1.40. The zero-order valence-corrected chi connectivity index (χ0v) is 17.8. The maximum absolute atomic E-state index is 10.1. The molecule has 2 aromatic carbocycles. The number of hydrogen-bond donors (Lipinski definition) is 2. The third kappa shape index (κ3) is 4.37. The lowest BCUT2D eigenvalue weighted by Gasteiger charge is -2.32. The Labute approximate surface area is 179 Å². The summed E-state index contributed by atoms with van der Waals surface area (Å²) in [5, 5.41) is 15.5. The minimum Gasteiger partial charge on any atom is -0.503 e. The predicted molar refractivity (Wildman–Crippen MR) is 115 cm³/mol. The lowest BCUT2D eigenvalue weighted by atomic mass is 9.98. The van der Waals surface area contributed by atoms with Crippen LogP contribution in [-0.2, 0) is 19.4 Å². The van der Waals surface area contributed by atoms with Crippen LogP contribution in [-0.4, -0.2) is 35.3 Å². The molecule has 27 heavy (non-hydrogen) atoms. The molecular weight excluding hydrogens is 427 g/mol. The second-order valence-electron chi connectivity index (χ2n) is 6.25. The summed E-state index contributed by atoms with van der Waals surface area (Å²) < 4.78 is 5.20. The van der Waals surface area contributed by atoms with Crippen LogP contribution in [0.4, 0.5) is 0 Å². The molecule has 2 N–H and O–H groups in total. The van der Waals surface area contributed by atoms with Crippen molar-refractivity contribution in [2.24, 2.45) is 0 Å². The van der Waals surface area contributed by atoms with Gasteiger partial charge in [0, 0.05) is 24.7 Å². The van der Waals surface area contributed by atoms with E-state index >= 15 is 0 Å². The molecule has 0 aromatic heterocycles. The topological polar surface area (TPSA) is 44.7 Å². The summed E-state index contributed by atoms with van der Waals surface area (Å²) in [6, 6.07) is 7.77. The number of halogens is 3. The van der Waals surface area contributed by atoms with Gasteiger partial charge >= 0.3 is 0 Å². The van der Waals surface area contributed by atoms with Crippen LogP contribution in [0.15, 0.2) is 24.3 Å². The number of ether oxygens (including phenoxy) is 1. The van der Waals surface area contributed by atoms with Crippen molar-refractivity contribution in [2.75, 3.05) is 20.2 Å². The van der Waals surface area contributed by atoms with Crippen LogP contribution in [0, 0.1) is 0 Å². The first kappa shape index (κ1) is 20.3. The van der Waals surface area contributed by atoms with Crippen molar-refractivity contribution in [3.05, 3.63) is 56.0 Å². The van der Waals surface area contributed by atoms with Gasteiger partial charge in [-0.15, -0.1) is 0 Å². The second-order valence-corrected chi connectivity index (χ2v) is 7.83. The number of phenolic OH excluding ortho intramolecular Hbond substituents is 1. The summed E-state index contributed by atoms with van der Waals surface area (Å²) in [5.41, 5.74) is 2.87. The van der Waals surface area contributed by atoms with Crippen LogP contribution in [0.1, 0.15) is 16.7 Å². The number of methoxy groups -OCH3 is 1. The van der Waals surface area contributed by atoms with E-state index in [0.29, 0.717) is 34.7 Å². The molecule has 0 fully saturated rings. The smallest absolute Gasteiger partial charge is 0.181 e. The molecule has 3 rings (SSSR count). The highest BCUT2D eigenvalue weighted by Crippen LogP contribution is 2.46. The zero-order chi connectivity index (χ0) is 19.6. The first-order chi connectivity index (χ1) is 12.9. The Kier molecular flexibility index (Phi) is 6.58. The van der Waals surface area contributed by atoms with Crippen LogP contribution >= 0.6 is 47.0 Å². The van der Waals surface area contributed by atoms with Gasteiger partial charge in [0.2, 0.25) is 0 Å². The standard InChI is InChI=1S/C19H19Cl3N2O2S/c1-26-18-16(22)14-10-24(9-7-13(14)15(21)17(18)25)19(27)23-8-6-11-2-4-12(20)5-3-11/h2-5,25H,6-10H2,1H3,(H,23,27). The summed E-state index contributed by atoms with van der Waals surface area (Å²) in [7, 11) is 1.45. The number of phenols is 1. The molecule has 0 bridgehead atoms. The summed E-state index contributed by atoms with van der Waals surface area (Å²) in [6.07, 6.45) is 1.49. The molecule has 0 amide bonds. The quantitative estimate of drug-likeness (QED) is 0.660. The average Bonchev–Trinajstić information content (AvgIpc) is 2.67. The normalized spacial score (nSPS) is 13.3. The average molecular weight is 446 g/mol. The van der Waals surface area contributed by atoms with Crippen LogP contribution in [0.3, 0.4) is 0 Å². The van der Waals surface area contributed by atoms with Crippen molar-refractivity contribution < 1.29 is 9.84 Å². The minimum absolute atomic E-state index is 0.111. The lowest BCUT2D eigenvalue weighted by Crippen LogP contribution is -2.43. The van der Waals surface area contributed by atoms with Gasteiger partial charge < -0.3 is 20.1 Å².